The smallest absolute Gasteiger partial charge is 0.323 e. The summed E-state index contributed by atoms with van der Waals surface area (Å²) in [6.07, 6.45) is 1.34. The van der Waals surface area contributed by atoms with Gasteiger partial charge in [-0.2, -0.15) is 0 Å². The van der Waals surface area contributed by atoms with Gasteiger partial charge in [-0.15, -0.1) is 21.8 Å². The Bertz CT molecular complexity index is 914. The summed E-state index contributed by atoms with van der Waals surface area (Å²) in [5.41, 5.74) is 0.925. The minimum atomic E-state index is -4.46. The number of H-pyrrole nitrogens is 1. The van der Waals surface area contributed by atoms with Gasteiger partial charge in [0.2, 0.25) is 5.65 Å². The van der Waals surface area contributed by atoms with Gasteiger partial charge < -0.3 is 14.8 Å². The summed E-state index contributed by atoms with van der Waals surface area (Å²) < 4.78 is 12.6. The van der Waals surface area contributed by atoms with Crippen LogP contribution in [-0.2, 0) is 4.57 Å². The molecule has 2 aromatic heterocycles. The zero-order valence-corrected chi connectivity index (χ0v) is 11.4. The van der Waals surface area contributed by atoms with Crippen LogP contribution in [-0.4, -0.2) is 29.4 Å². The number of fused-ring (bicyclic) bond motifs is 3. The van der Waals surface area contributed by atoms with Crippen molar-refractivity contribution in [1.29, 1.82) is 0 Å². The Morgan fingerprint density at radius 2 is 2.15 bits per heavy atom. The fraction of sp³-hybridized carbons (Fsp3) is 0.100. The maximum atomic E-state index is 11.7. The standard InChI is InChI=1S/C10H8ClN4O4P/c11-8(20(17,18)19)5-1-2-6-7(3-5)15-4-12-14-9(15)10(16)13-6/h1-4,8H,(H,13,16)(H2,17,18,19). The third-order valence-electron chi connectivity index (χ3n) is 2.85. The molecule has 0 radical (unpaired) electrons. The molecule has 0 fully saturated rings. The van der Waals surface area contributed by atoms with E-state index in [0.29, 0.717) is 11.0 Å². The normalized spacial score (nSPS) is 13.9. The Morgan fingerprint density at radius 1 is 1.40 bits per heavy atom. The first-order valence-corrected chi connectivity index (χ1v) is 7.55. The van der Waals surface area contributed by atoms with Gasteiger partial charge >= 0.3 is 7.60 Å². The Labute approximate surface area is 116 Å². The monoisotopic (exact) mass is 314 g/mol. The molecule has 3 aromatic rings. The Morgan fingerprint density at radius 3 is 2.85 bits per heavy atom. The van der Waals surface area contributed by atoms with Crippen LogP contribution in [0.15, 0.2) is 29.3 Å². The van der Waals surface area contributed by atoms with Crippen molar-refractivity contribution in [2.75, 3.05) is 0 Å². The van der Waals surface area contributed by atoms with Crippen LogP contribution in [0.3, 0.4) is 0 Å². The third-order valence-corrected chi connectivity index (χ3v) is 4.75. The second kappa shape index (κ2) is 4.39. The molecule has 0 spiro atoms. The SMILES string of the molecule is O=c1[nH]c2ccc(C(Cl)P(=O)(O)O)cc2n2cnnc12. The van der Waals surface area contributed by atoms with Crippen molar-refractivity contribution >= 4 is 35.9 Å². The molecule has 0 aliphatic carbocycles. The Kier molecular flexibility index (Phi) is 2.91. The minimum Gasteiger partial charge on any atom is -0.323 e. The lowest BCUT2D eigenvalue weighted by molar-refractivity contribution is 0.370. The lowest BCUT2D eigenvalue weighted by atomic mass is 10.2. The molecule has 0 bridgehead atoms. The highest BCUT2D eigenvalue weighted by Crippen LogP contribution is 2.54. The van der Waals surface area contributed by atoms with Gasteiger partial charge in [-0.1, -0.05) is 6.07 Å². The van der Waals surface area contributed by atoms with Crippen LogP contribution in [0.5, 0.6) is 0 Å². The molecule has 8 nitrogen and oxygen atoms in total. The van der Waals surface area contributed by atoms with E-state index in [2.05, 4.69) is 15.2 Å². The maximum Gasteiger partial charge on any atom is 0.347 e. The van der Waals surface area contributed by atoms with Gasteiger partial charge in [0.1, 0.15) is 6.33 Å². The first-order chi connectivity index (χ1) is 9.38. The maximum absolute atomic E-state index is 11.7. The average molecular weight is 315 g/mol. The van der Waals surface area contributed by atoms with Gasteiger partial charge in [0.15, 0.2) is 5.12 Å². The van der Waals surface area contributed by atoms with Gasteiger partial charge in [0, 0.05) is 0 Å². The predicted octanol–water partition coefficient (Wildman–Crippen LogP) is 0.986. The zero-order chi connectivity index (χ0) is 14.5. The second-order valence-corrected chi connectivity index (χ2v) is 6.62. The molecule has 20 heavy (non-hydrogen) atoms. The molecule has 3 N–H and O–H groups in total. The fourth-order valence-electron chi connectivity index (χ4n) is 1.94. The van der Waals surface area contributed by atoms with E-state index >= 15 is 0 Å². The van der Waals surface area contributed by atoms with E-state index in [-0.39, 0.29) is 11.2 Å². The molecule has 0 aliphatic heterocycles. The Balaban J connectivity index is 2.33. The van der Waals surface area contributed by atoms with Gasteiger partial charge in [0.05, 0.1) is 11.0 Å². The molecular weight excluding hydrogens is 307 g/mol. The number of benzene rings is 1. The molecular formula is C10H8ClN4O4P. The van der Waals surface area contributed by atoms with Crippen LogP contribution in [0.1, 0.15) is 10.7 Å². The Hall–Kier alpha value is -1.73. The number of nitrogens with one attached hydrogen (secondary N) is 1. The highest BCUT2D eigenvalue weighted by atomic mass is 35.5. The van der Waals surface area contributed by atoms with E-state index in [1.807, 2.05) is 0 Å². The van der Waals surface area contributed by atoms with Crippen LogP contribution >= 0.6 is 19.2 Å². The van der Waals surface area contributed by atoms with Crippen molar-refractivity contribution in [3.05, 3.63) is 40.4 Å². The van der Waals surface area contributed by atoms with Crippen LogP contribution in [0, 0.1) is 0 Å². The number of nitrogens with zero attached hydrogens (tertiary/aromatic N) is 3. The number of halogens is 1. The highest BCUT2D eigenvalue weighted by molar-refractivity contribution is 7.54. The molecule has 0 amide bonds. The van der Waals surface area contributed by atoms with E-state index < -0.39 is 18.3 Å². The molecule has 1 aromatic carbocycles. The summed E-state index contributed by atoms with van der Waals surface area (Å²) in [7, 11) is -4.46. The number of aromatic nitrogens is 4. The van der Waals surface area contributed by atoms with Gasteiger partial charge in [0.25, 0.3) is 5.56 Å². The largest absolute Gasteiger partial charge is 0.347 e. The first-order valence-electron chi connectivity index (χ1n) is 5.43. The number of hydrogen-bond donors (Lipinski definition) is 3. The number of hydrogen-bond acceptors (Lipinski definition) is 4. The van der Waals surface area contributed by atoms with Crippen molar-refractivity contribution in [3.63, 3.8) is 0 Å². The van der Waals surface area contributed by atoms with E-state index in [0.717, 1.165) is 0 Å². The second-order valence-electron chi connectivity index (χ2n) is 4.18. The summed E-state index contributed by atoms with van der Waals surface area (Å²) in [5, 5.41) is 5.86. The van der Waals surface area contributed by atoms with Crippen LogP contribution in [0.2, 0.25) is 0 Å². The fourth-order valence-corrected chi connectivity index (χ4v) is 2.63. The van der Waals surface area contributed by atoms with Crippen molar-refractivity contribution in [1.82, 2.24) is 19.6 Å². The van der Waals surface area contributed by atoms with Crippen molar-refractivity contribution in [2.24, 2.45) is 0 Å². The molecule has 104 valence electrons. The third kappa shape index (κ3) is 2.03. The lowest BCUT2D eigenvalue weighted by Crippen LogP contribution is -2.10. The van der Waals surface area contributed by atoms with E-state index in [4.69, 9.17) is 21.4 Å². The number of rotatable bonds is 2. The molecule has 3 rings (SSSR count). The van der Waals surface area contributed by atoms with Crippen molar-refractivity contribution < 1.29 is 14.4 Å². The molecule has 1 atom stereocenters. The molecule has 2 heterocycles. The van der Waals surface area contributed by atoms with Crippen LogP contribution in [0.25, 0.3) is 16.7 Å². The van der Waals surface area contributed by atoms with E-state index in [9.17, 15) is 9.36 Å². The summed E-state index contributed by atoms with van der Waals surface area (Å²) >= 11 is 5.76. The molecule has 1 unspecified atom stereocenters. The average Bonchev–Trinajstić information content (AvgIpc) is 2.86. The number of aromatic amines is 1. The lowest BCUT2D eigenvalue weighted by Gasteiger charge is -2.12. The molecule has 0 saturated heterocycles. The van der Waals surface area contributed by atoms with Crippen LogP contribution < -0.4 is 5.56 Å². The number of alkyl halides is 1. The summed E-state index contributed by atoms with van der Waals surface area (Å²) in [5.74, 6) is 0. The van der Waals surface area contributed by atoms with Crippen molar-refractivity contribution in [2.45, 2.75) is 5.12 Å². The van der Waals surface area contributed by atoms with E-state index in [1.54, 1.807) is 0 Å². The molecule has 0 aliphatic rings. The first kappa shape index (κ1) is 13.3. The van der Waals surface area contributed by atoms with Crippen molar-refractivity contribution in [3.8, 4) is 0 Å². The topological polar surface area (TPSA) is 121 Å². The van der Waals surface area contributed by atoms with Gasteiger partial charge in [-0.25, -0.2) is 0 Å². The van der Waals surface area contributed by atoms with E-state index in [1.165, 1.54) is 28.9 Å². The molecule has 10 heteroatoms. The summed E-state index contributed by atoms with van der Waals surface area (Å²) in [6, 6.07) is 4.46. The summed E-state index contributed by atoms with van der Waals surface area (Å²) in [6.45, 7) is 0. The van der Waals surface area contributed by atoms with Gasteiger partial charge in [-0.05, 0) is 17.7 Å². The molecule has 0 saturated carbocycles. The van der Waals surface area contributed by atoms with Gasteiger partial charge in [-0.3, -0.25) is 13.8 Å². The quantitative estimate of drug-likeness (QED) is 0.479. The summed E-state index contributed by atoms with van der Waals surface area (Å²) in [4.78, 5) is 32.5. The van der Waals surface area contributed by atoms with Crippen LogP contribution in [0.4, 0.5) is 0 Å². The zero-order valence-electron chi connectivity index (χ0n) is 9.76. The predicted molar refractivity (Wildman–Crippen MR) is 71.8 cm³/mol. The highest BCUT2D eigenvalue weighted by Gasteiger charge is 2.28. The minimum absolute atomic E-state index is 0.0944.